The van der Waals surface area contributed by atoms with E-state index < -0.39 is 0 Å². The summed E-state index contributed by atoms with van der Waals surface area (Å²) < 4.78 is 2.38. The Morgan fingerprint density at radius 2 is 2.00 bits per heavy atom. The third-order valence-electron chi connectivity index (χ3n) is 4.49. The summed E-state index contributed by atoms with van der Waals surface area (Å²) in [6, 6.07) is 9.72. The molecule has 0 saturated heterocycles. The van der Waals surface area contributed by atoms with Crippen molar-refractivity contribution >= 4 is 44.9 Å². The zero-order valence-electron chi connectivity index (χ0n) is 15.7. The number of thioether (sulfide) groups is 1. The SMILES string of the molecule is CCc1ccc(NC(=O)CSc2nc3ccsc3c(=O)n2[C@H](C)CC)cc1. The Labute approximate surface area is 166 Å². The fraction of sp³-hybridized carbons (Fsp3) is 0.350. The van der Waals surface area contributed by atoms with Crippen LogP contribution < -0.4 is 10.9 Å². The standard InChI is InChI=1S/C20H23N3O2S2/c1-4-13(3)23-19(25)18-16(10-11-26-18)22-20(23)27-12-17(24)21-15-8-6-14(5-2)7-9-15/h6-11,13H,4-5,12H2,1-3H3,(H,21,24)/t13-/m1/s1. The van der Waals surface area contributed by atoms with Crippen LogP contribution >= 0.6 is 23.1 Å². The second kappa shape index (κ2) is 8.71. The molecular formula is C20H23N3O2S2. The predicted octanol–water partition coefficient (Wildman–Crippen LogP) is 4.72. The number of anilines is 1. The van der Waals surface area contributed by atoms with Crippen molar-refractivity contribution in [3.8, 4) is 0 Å². The van der Waals surface area contributed by atoms with Crippen molar-refractivity contribution in [3.63, 3.8) is 0 Å². The summed E-state index contributed by atoms with van der Waals surface area (Å²) in [6.45, 7) is 6.14. The van der Waals surface area contributed by atoms with Gasteiger partial charge in [-0.15, -0.1) is 11.3 Å². The summed E-state index contributed by atoms with van der Waals surface area (Å²) in [4.78, 5) is 29.8. The molecule has 0 aliphatic rings. The van der Waals surface area contributed by atoms with Gasteiger partial charge in [0, 0.05) is 11.7 Å². The minimum Gasteiger partial charge on any atom is -0.325 e. The molecule has 2 aromatic heterocycles. The number of carbonyl (C=O) groups is 1. The van der Waals surface area contributed by atoms with Crippen LogP contribution in [0.2, 0.25) is 0 Å². The number of fused-ring (bicyclic) bond motifs is 1. The van der Waals surface area contributed by atoms with Gasteiger partial charge < -0.3 is 5.32 Å². The average molecular weight is 402 g/mol. The van der Waals surface area contributed by atoms with Gasteiger partial charge in [-0.25, -0.2) is 4.98 Å². The number of amides is 1. The van der Waals surface area contributed by atoms with Crippen LogP contribution in [0.25, 0.3) is 10.2 Å². The smallest absolute Gasteiger partial charge is 0.272 e. The highest BCUT2D eigenvalue weighted by Gasteiger charge is 2.17. The van der Waals surface area contributed by atoms with Crippen LogP contribution in [-0.2, 0) is 11.2 Å². The van der Waals surface area contributed by atoms with Crippen LogP contribution in [0.3, 0.4) is 0 Å². The quantitative estimate of drug-likeness (QED) is 0.459. The Morgan fingerprint density at radius 1 is 1.26 bits per heavy atom. The fourth-order valence-corrected chi connectivity index (χ4v) is 4.39. The van der Waals surface area contributed by atoms with Crippen LogP contribution in [0, 0.1) is 0 Å². The fourth-order valence-electron chi connectivity index (χ4n) is 2.73. The normalized spacial score (nSPS) is 12.3. The molecule has 0 aliphatic carbocycles. The highest BCUT2D eigenvalue weighted by molar-refractivity contribution is 7.99. The van der Waals surface area contributed by atoms with Crippen LogP contribution in [0.4, 0.5) is 5.69 Å². The number of hydrogen-bond donors (Lipinski definition) is 1. The first-order valence-corrected chi connectivity index (χ1v) is 10.9. The van der Waals surface area contributed by atoms with E-state index in [-0.39, 0.29) is 23.3 Å². The lowest BCUT2D eigenvalue weighted by Gasteiger charge is -2.17. The molecule has 3 aromatic rings. The maximum Gasteiger partial charge on any atom is 0.272 e. The number of aryl methyl sites for hydroxylation is 1. The van der Waals surface area contributed by atoms with Crippen molar-refractivity contribution in [2.24, 2.45) is 0 Å². The molecule has 0 bridgehead atoms. The summed E-state index contributed by atoms with van der Waals surface area (Å²) >= 11 is 2.71. The number of nitrogens with zero attached hydrogens (tertiary/aromatic N) is 2. The Kier molecular flexibility index (Phi) is 6.34. The third-order valence-corrected chi connectivity index (χ3v) is 6.33. The van der Waals surface area contributed by atoms with Gasteiger partial charge in [-0.3, -0.25) is 14.2 Å². The number of aromatic nitrogens is 2. The van der Waals surface area contributed by atoms with Crippen molar-refractivity contribution < 1.29 is 4.79 Å². The Hall–Kier alpha value is -2.12. The molecule has 1 atom stereocenters. The van der Waals surface area contributed by atoms with Gasteiger partial charge in [0.1, 0.15) is 4.70 Å². The van der Waals surface area contributed by atoms with Gasteiger partial charge in [0.05, 0.1) is 11.3 Å². The molecule has 1 amide bonds. The van der Waals surface area contributed by atoms with E-state index >= 15 is 0 Å². The lowest BCUT2D eigenvalue weighted by molar-refractivity contribution is -0.113. The van der Waals surface area contributed by atoms with E-state index in [1.165, 1.54) is 28.7 Å². The number of thiophene rings is 1. The summed E-state index contributed by atoms with van der Waals surface area (Å²) in [7, 11) is 0. The van der Waals surface area contributed by atoms with E-state index in [4.69, 9.17) is 0 Å². The largest absolute Gasteiger partial charge is 0.325 e. The maximum absolute atomic E-state index is 12.8. The second-order valence-electron chi connectivity index (χ2n) is 6.35. The van der Waals surface area contributed by atoms with E-state index in [1.807, 2.05) is 49.6 Å². The molecule has 0 aliphatic heterocycles. The van der Waals surface area contributed by atoms with E-state index in [9.17, 15) is 9.59 Å². The Balaban J connectivity index is 1.77. The molecule has 3 rings (SSSR count). The monoisotopic (exact) mass is 401 g/mol. The zero-order valence-corrected chi connectivity index (χ0v) is 17.3. The molecule has 0 fully saturated rings. The molecule has 27 heavy (non-hydrogen) atoms. The Morgan fingerprint density at radius 3 is 2.67 bits per heavy atom. The molecular weight excluding hydrogens is 378 g/mol. The van der Waals surface area contributed by atoms with Crippen LogP contribution in [0.1, 0.15) is 38.8 Å². The van der Waals surface area contributed by atoms with Crippen molar-refractivity contribution in [1.82, 2.24) is 9.55 Å². The predicted molar refractivity (Wildman–Crippen MR) is 114 cm³/mol. The molecule has 5 nitrogen and oxygen atoms in total. The average Bonchev–Trinajstić information content (AvgIpc) is 3.15. The molecule has 1 N–H and O–H groups in total. The van der Waals surface area contributed by atoms with Crippen molar-refractivity contribution in [2.45, 2.75) is 44.8 Å². The van der Waals surface area contributed by atoms with Gasteiger partial charge in [0.25, 0.3) is 5.56 Å². The highest BCUT2D eigenvalue weighted by Crippen LogP contribution is 2.24. The first kappa shape index (κ1) is 19.6. The lowest BCUT2D eigenvalue weighted by Crippen LogP contribution is -2.26. The van der Waals surface area contributed by atoms with Crippen LogP contribution in [0.15, 0.2) is 45.7 Å². The topological polar surface area (TPSA) is 64.0 Å². The summed E-state index contributed by atoms with van der Waals surface area (Å²) in [5, 5.41) is 5.37. The van der Waals surface area contributed by atoms with Gasteiger partial charge in [-0.2, -0.15) is 0 Å². The number of hydrogen-bond acceptors (Lipinski definition) is 5. The second-order valence-corrected chi connectivity index (χ2v) is 8.21. The number of benzene rings is 1. The summed E-state index contributed by atoms with van der Waals surface area (Å²) in [5.41, 5.74) is 2.68. The number of carbonyl (C=O) groups excluding carboxylic acids is 1. The molecule has 0 saturated carbocycles. The van der Waals surface area contributed by atoms with Crippen LogP contribution in [0.5, 0.6) is 0 Å². The van der Waals surface area contributed by atoms with Crippen molar-refractivity contribution in [3.05, 3.63) is 51.6 Å². The van der Waals surface area contributed by atoms with Gasteiger partial charge >= 0.3 is 0 Å². The zero-order chi connectivity index (χ0) is 19.4. The molecule has 1 aromatic carbocycles. The minimum absolute atomic E-state index is 0.0255. The molecule has 7 heteroatoms. The van der Waals surface area contributed by atoms with E-state index in [2.05, 4.69) is 17.2 Å². The van der Waals surface area contributed by atoms with E-state index in [1.54, 1.807) is 4.57 Å². The van der Waals surface area contributed by atoms with Crippen molar-refractivity contribution in [2.75, 3.05) is 11.1 Å². The Bertz CT molecular complexity index is 993. The summed E-state index contributed by atoms with van der Waals surface area (Å²) in [6.07, 6.45) is 1.79. The summed E-state index contributed by atoms with van der Waals surface area (Å²) in [5.74, 6) is 0.0910. The maximum atomic E-state index is 12.8. The van der Waals surface area contributed by atoms with E-state index in [0.717, 1.165) is 18.5 Å². The molecule has 0 unspecified atom stereocenters. The van der Waals surface area contributed by atoms with Gasteiger partial charge in [0.15, 0.2) is 5.16 Å². The molecule has 2 heterocycles. The van der Waals surface area contributed by atoms with Gasteiger partial charge in [-0.05, 0) is 48.9 Å². The first-order chi connectivity index (χ1) is 13.0. The molecule has 0 spiro atoms. The van der Waals surface area contributed by atoms with Gasteiger partial charge in [-0.1, -0.05) is 37.7 Å². The van der Waals surface area contributed by atoms with Gasteiger partial charge in [0.2, 0.25) is 5.91 Å². The highest BCUT2D eigenvalue weighted by atomic mass is 32.2. The first-order valence-electron chi connectivity index (χ1n) is 9.04. The van der Waals surface area contributed by atoms with E-state index in [0.29, 0.717) is 15.4 Å². The third kappa shape index (κ3) is 4.42. The molecule has 0 radical (unpaired) electrons. The molecule has 142 valence electrons. The van der Waals surface area contributed by atoms with Crippen LogP contribution in [-0.4, -0.2) is 21.2 Å². The number of nitrogens with one attached hydrogen (secondary N) is 1. The van der Waals surface area contributed by atoms with Crippen molar-refractivity contribution in [1.29, 1.82) is 0 Å². The minimum atomic E-state index is -0.111. The number of rotatable bonds is 7. The lowest BCUT2D eigenvalue weighted by atomic mass is 10.1.